The molecular formula is C19H24F2N4O2S. The molecule has 6 nitrogen and oxygen atoms in total. The minimum atomic E-state index is -0.843. The standard InChI is InChI=1S/C19H24F2N4O2S/c20-12-7-8-15(14(21)11-12)24-18(27)22-10-9-16-17(26)25-19(28-16)23-13-5-3-1-2-4-6-13/h7-8,11,13,26H,1-6,9-10H2,(H,23,25)(H2,22,24,27). The first-order valence-electron chi connectivity index (χ1n) is 9.46. The molecule has 1 aromatic heterocycles. The molecule has 0 unspecified atom stereocenters. The summed E-state index contributed by atoms with van der Waals surface area (Å²) in [7, 11) is 0. The number of halogens is 2. The fourth-order valence-electron chi connectivity index (χ4n) is 3.21. The molecule has 1 aliphatic carbocycles. The smallest absolute Gasteiger partial charge is 0.319 e. The van der Waals surface area contributed by atoms with E-state index in [1.165, 1.54) is 37.0 Å². The average Bonchev–Trinajstić information content (AvgIpc) is 2.83. The largest absolute Gasteiger partial charge is 0.492 e. The lowest BCUT2D eigenvalue weighted by atomic mass is 10.1. The fraction of sp³-hybridized carbons (Fsp3) is 0.474. The number of aromatic hydroxyl groups is 1. The predicted molar refractivity (Wildman–Crippen MR) is 106 cm³/mol. The van der Waals surface area contributed by atoms with Crippen molar-refractivity contribution in [3.05, 3.63) is 34.7 Å². The van der Waals surface area contributed by atoms with Gasteiger partial charge in [-0.05, 0) is 25.0 Å². The highest BCUT2D eigenvalue weighted by Crippen LogP contribution is 2.30. The molecule has 1 aliphatic rings. The lowest BCUT2D eigenvalue weighted by Crippen LogP contribution is -2.30. The SMILES string of the molecule is O=C(NCCc1sc(NC2CCCCCC2)nc1O)Nc1ccc(F)cc1F. The molecule has 0 aliphatic heterocycles. The first-order valence-corrected chi connectivity index (χ1v) is 10.3. The first-order chi connectivity index (χ1) is 13.5. The lowest BCUT2D eigenvalue weighted by Gasteiger charge is -2.14. The summed E-state index contributed by atoms with van der Waals surface area (Å²) in [6.45, 7) is 0.243. The van der Waals surface area contributed by atoms with E-state index < -0.39 is 17.7 Å². The third-order valence-corrected chi connectivity index (χ3v) is 5.71. The number of hydrogen-bond donors (Lipinski definition) is 4. The van der Waals surface area contributed by atoms with E-state index in [0.29, 0.717) is 28.5 Å². The highest BCUT2D eigenvalue weighted by atomic mass is 32.1. The Balaban J connectivity index is 1.46. The van der Waals surface area contributed by atoms with Crippen molar-refractivity contribution in [3.8, 4) is 5.88 Å². The molecule has 28 heavy (non-hydrogen) atoms. The highest BCUT2D eigenvalue weighted by molar-refractivity contribution is 7.15. The first kappa shape index (κ1) is 20.3. The molecule has 0 spiro atoms. The van der Waals surface area contributed by atoms with Crippen molar-refractivity contribution in [2.75, 3.05) is 17.2 Å². The Hall–Kier alpha value is -2.42. The van der Waals surface area contributed by atoms with E-state index in [2.05, 4.69) is 20.9 Å². The van der Waals surface area contributed by atoms with Gasteiger partial charge < -0.3 is 21.1 Å². The van der Waals surface area contributed by atoms with E-state index >= 15 is 0 Å². The van der Waals surface area contributed by atoms with Crippen LogP contribution in [0.4, 0.5) is 24.4 Å². The van der Waals surface area contributed by atoms with Crippen LogP contribution in [0.5, 0.6) is 5.88 Å². The molecule has 0 radical (unpaired) electrons. The molecule has 1 aromatic carbocycles. The molecule has 3 rings (SSSR count). The summed E-state index contributed by atoms with van der Waals surface area (Å²) in [4.78, 5) is 16.7. The van der Waals surface area contributed by atoms with Crippen LogP contribution >= 0.6 is 11.3 Å². The van der Waals surface area contributed by atoms with Crippen LogP contribution < -0.4 is 16.0 Å². The third kappa shape index (κ3) is 5.79. The van der Waals surface area contributed by atoms with Gasteiger partial charge in [0.25, 0.3) is 0 Å². The third-order valence-electron chi connectivity index (χ3n) is 4.68. The van der Waals surface area contributed by atoms with Gasteiger partial charge in [0.15, 0.2) is 5.13 Å². The Morgan fingerprint density at radius 1 is 1.21 bits per heavy atom. The summed E-state index contributed by atoms with van der Waals surface area (Å²) in [5.41, 5.74) is -0.102. The topological polar surface area (TPSA) is 86.3 Å². The Bertz CT molecular complexity index is 807. The van der Waals surface area contributed by atoms with Crippen LogP contribution in [0.2, 0.25) is 0 Å². The van der Waals surface area contributed by atoms with Gasteiger partial charge in [0.1, 0.15) is 11.6 Å². The van der Waals surface area contributed by atoms with E-state index in [1.54, 1.807) is 0 Å². The summed E-state index contributed by atoms with van der Waals surface area (Å²) < 4.78 is 26.4. The van der Waals surface area contributed by atoms with Crippen molar-refractivity contribution in [1.82, 2.24) is 10.3 Å². The number of aromatic nitrogens is 1. The highest BCUT2D eigenvalue weighted by Gasteiger charge is 2.16. The monoisotopic (exact) mass is 410 g/mol. The van der Waals surface area contributed by atoms with E-state index in [-0.39, 0.29) is 18.1 Å². The zero-order valence-corrected chi connectivity index (χ0v) is 16.2. The fourth-order valence-corrected chi connectivity index (χ4v) is 4.15. The van der Waals surface area contributed by atoms with Crippen molar-refractivity contribution < 1.29 is 18.7 Å². The summed E-state index contributed by atoms with van der Waals surface area (Å²) in [6.07, 6.45) is 7.55. The molecule has 0 atom stereocenters. The molecule has 2 aromatic rings. The molecule has 1 fully saturated rings. The number of benzene rings is 1. The summed E-state index contributed by atoms with van der Waals surface area (Å²) >= 11 is 1.37. The van der Waals surface area contributed by atoms with Gasteiger partial charge in [0, 0.05) is 25.1 Å². The predicted octanol–water partition coefficient (Wildman–Crippen LogP) is 4.63. The van der Waals surface area contributed by atoms with Gasteiger partial charge in [0.05, 0.1) is 10.6 Å². The number of nitrogens with one attached hydrogen (secondary N) is 3. The summed E-state index contributed by atoms with van der Waals surface area (Å²) in [5.74, 6) is -1.59. The molecule has 4 N–H and O–H groups in total. The van der Waals surface area contributed by atoms with Crippen molar-refractivity contribution in [2.45, 2.75) is 51.0 Å². The van der Waals surface area contributed by atoms with Crippen LogP contribution in [0, 0.1) is 11.6 Å². The molecule has 9 heteroatoms. The summed E-state index contributed by atoms with van der Waals surface area (Å²) in [6, 6.07) is 2.71. The number of carbonyl (C=O) groups is 1. The molecule has 0 saturated heterocycles. The molecule has 152 valence electrons. The number of rotatable bonds is 6. The van der Waals surface area contributed by atoms with Gasteiger partial charge in [-0.3, -0.25) is 0 Å². The van der Waals surface area contributed by atoms with Crippen LogP contribution in [0.1, 0.15) is 43.4 Å². The maximum Gasteiger partial charge on any atom is 0.319 e. The number of hydrogen-bond acceptors (Lipinski definition) is 5. The number of urea groups is 1. The maximum absolute atomic E-state index is 13.5. The van der Waals surface area contributed by atoms with Crippen molar-refractivity contribution in [1.29, 1.82) is 0 Å². The second-order valence-corrected chi connectivity index (χ2v) is 7.94. The van der Waals surface area contributed by atoms with E-state index in [0.717, 1.165) is 25.0 Å². The van der Waals surface area contributed by atoms with Crippen LogP contribution in [0.15, 0.2) is 18.2 Å². The normalized spacial score (nSPS) is 15.1. The minimum Gasteiger partial charge on any atom is -0.492 e. The van der Waals surface area contributed by atoms with Gasteiger partial charge in [-0.15, -0.1) is 0 Å². The number of nitrogens with zero attached hydrogens (tertiary/aromatic N) is 1. The molecule has 1 saturated carbocycles. The number of anilines is 2. The van der Waals surface area contributed by atoms with Gasteiger partial charge >= 0.3 is 6.03 Å². The Morgan fingerprint density at radius 2 is 1.96 bits per heavy atom. The number of thiazole rings is 1. The molecule has 2 amide bonds. The Kier molecular flexibility index (Phi) is 7.02. The quantitative estimate of drug-likeness (QED) is 0.523. The lowest BCUT2D eigenvalue weighted by molar-refractivity contribution is 0.252. The van der Waals surface area contributed by atoms with Crippen molar-refractivity contribution in [2.24, 2.45) is 0 Å². The zero-order valence-electron chi connectivity index (χ0n) is 15.4. The van der Waals surface area contributed by atoms with Gasteiger partial charge in [-0.25, -0.2) is 13.6 Å². The van der Waals surface area contributed by atoms with Crippen LogP contribution in [0.25, 0.3) is 0 Å². The summed E-state index contributed by atoms with van der Waals surface area (Å²) in [5, 5.41) is 19.0. The number of carbonyl (C=O) groups excluding carboxylic acids is 1. The maximum atomic E-state index is 13.5. The zero-order chi connectivity index (χ0) is 19.9. The van der Waals surface area contributed by atoms with Crippen LogP contribution in [0.3, 0.4) is 0 Å². The minimum absolute atomic E-state index is 0.0343. The average molecular weight is 410 g/mol. The van der Waals surface area contributed by atoms with Gasteiger partial charge in [-0.2, -0.15) is 4.98 Å². The van der Waals surface area contributed by atoms with E-state index in [1.807, 2.05) is 0 Å². The van der Waals surface area contributed by atoms with Crippen molar-refractivity contribution in [3.63, 3.8) is 0 Å². The van der Waals surface area contributed by atoms with Gasteiger partial charge in [-0.1, -0.05) is 37.0 Å². The van der Waals surface area contributed by atoms with Crippen molar-refractivity contribution >= 4 is 28.2 Å². The van der Waals surface area contributed by atoms with E-state index in [9.17, 15) is 18.7 Å². The Labute approximate surface area is 166 Å². The van der Waals surface area contributed by atoms with Crippen LogP contribution in [-0.2, 0) is 6.42 Å². The second kappa shape index (κ2) is 9.68. The van der Waals surface area contributed by atoms with Gasteiger partial charge in [0.2, 0.25) is 5.88 Å². The Morgan fingerprint density at radius 3 is 2.68 bits per heavy atom. The molecule has 1 heterocycles. The second-order valence-electron chi connectivity index (χ2n) is 6.85. The van der Waals surface area contributed by atoms with E-state index in [4.69, 9.17) is 0 Å². The molecular weight excluding hydrogens is 386 g/mol. The van der Waals surface area contributed by atoms with Crippen LogP contribution in [-0.4, -0.2) is 28.7 Å². The number of amides is 2. The molecule has 0 bridgehead atoms.